The van der Waals surface area contributed by atoms with Crippen LogP contribution >= 0.6 is 35.3 Å². The Morgan fingerprint density at radius 2 is 2.04 bits per heavy atom. The number of aromatic nitrogens is 1. The molecule has 0 aliphatic heterocycles. The standard InChI is InChI=1S/C15H22F3N5OS.HI/c1-23(2)13(24)8-20-14(21-10-5-3-4-6-10)19-7-12-22-11(9-25-12)15(16,17)18;/h9-10H,3-8H2,1-2H3,(H2,19,20,21);1H. The lowest BCUT2D eigenvalue weighted by Gasteiger charge is -2.17. The number of carbonyl (C=O) groups excluding carboxylic acids is 1. The van der Waals surface area contributed by atoms with Crippen LogP contribution in [0.15, 0.2) is 10.4 Å². The molecule has 1 aromatic heterocycles. The average Bonchev–Trinajstić information content (AvgIpc) is 3.20. The smallest absolute Gasteiger partial charge is 0.354 e. The van der Waals surface area contributed by atoms with Crippen molar-refractivity contribution in [2.45, 2.75) is 44.4 Å². The number of likely N-dealkylation sites (N-methyl/N-ethyl adjacent to an activating group) is 1. The van der Waals surface area contributed by atoms with Gasteiger partial charge in [-0.1, -0.05) is 12.8 Å². The minimum absolute atomic E-state index is 0. The lowest BCUT2D eigenvalue weighted by Crippen LogP contribution is -2.42. The van der Waals surface area contributed by atoms with Crippen molar-refractivity contribution in [2.24, 2.45) is 4.99 Å². The molecule has 1 fully saturated rings. The minimum Gasteiger partial charge on any atom is -0.354 e. The fourth-order valence-corrected chi connectivity index (χ4v) is 3.13. The average molecular weight is 505 g/mol. The molecule has 148 valence electrons. The van der Waals surface area contributed by atoms with Crippen LogP contribution in [0.5, 0.6) is 0 Å². The first-order valence-corrected chi connectivity index (χ1v) is 8.90. The van der Waals surface area contributed by atoms with E-state index in [4.69, 9.17) is 0 Å². The summed E-state index contributed by atoms with van der Waals surface area (Å²) < 4.78 is 37.8. The molecule has 0 bridgehead atoms. The molecule has 1 aliphatic carbocycles. The molecule has 1 saturated carbocycles. The van der Waals surface area contributed by atoms with E-state index in [2.05, 4.69) is 20.6 Å². The summed E-state index contributed by atoms with van der Waals surface area (Å²) in [4.78, 5) is 21.0. The van der Waals surface area contributed by atoms with Gasteiger partial charge in [-0.25, -0.2) is 9.98 Å². The fraction of sp³-hybridized carbons (Fsp3) is 0.667. The van der Waals surface area contributed by atoms with Gasteiger partial charge in [0.1, 0.15) is 11.6 Å². The van der Waals surface area contributed by atoms with Crippen LogP contribution in [0, 0.1) is 0 Å². The zero-order chi connectivity index (χ0) is 18.4. The minimum atomic E-state index is -4.44. The maximum atomic E-state index is 12.6. The van der Waals surface area contributed by atoms with Crippen molar-refractivity contribution in [3.05, 3.63) is 16.1 Å². The molecule has 26 heavy (non-hydrogen) atoms. The van der Waals surface area contributed by atoms with Crippen molar-refractivity contribution in [3.8, 4) is 0 Å². The van der Waals surface area contributed by atoms with Crippen LogP contribution in [0.3, 0.4) is 0 Å². The summed E-state index contributed by atoms with van der Waals surface area (Å²) in [6.07, 6.45) is -0.159. The second-order valence-corrected chi connectivity index (χ2v) is 7.00. The first-order chi connectivity index (χ1) is 11.8. The van der Waals surface area contributed by atoms with Gasteiger partial charge in [-0.2, -0.15) is 13.2 Å². The van der Waals surface area contributed by atoms with Gasteiger partial charge in [0.2, 0.25) is 5.91 Å². The van der Waals surface area contributed by atoms with Gasteiger partial charge >= 0.3 is 6.18 Å². The van der Waals surface area contributed by atoms with Crippen LogP contribution in [0.1, 0.15) is 36.4 Å². The van der Waals surface area contributed by atoms with Gasteiger partial charge in [-0.15, -0.1) is 35.3 Å². The molecule has 2 N–H and O–H groups in total. The maximum absolute atomic E-state index is 12.6. The normalized spacial score (nSPS) is 15.5. The topological polar surface area (TPSA) is 69.6 Å². The van der Waals surface area contributed by atoms with Crippen molar-refractivity contribution < 1.29 is 18.0 Å². The van der Waals surface area contributed by atoms with E-state index in [0.717, 1.165) is 42.4 Å². The summed E-state index contributed by atoms with van der Waals surface area (Å²) in [5.41, 5.74) is -0.890. The van der Waals surface area contributed by atoms with Crippen LogP contribution in [0.2, 0.25) is 0 Å². The molecule has 11 heteroatoms. The van der Waals surface area contributed by atoms with E-state index in [1.54, 1.807) is 14.1 Å². The van der Waals surface area contributed by atoms with Gasteiger partial charge < -0.3 is 15.5 Å². The number of nitrogens with zero attached hydrogens (tertiary/aromatic N) is 3. The second-order valence-electron chi connectivity index (χ2n) is 6.06. The second kappa shape index (κ2) is 10.3. The van der Waals surface area contributed by atoms with Crippen molar-refractivity contribution in [1.82, 2.24) is 20.5 Å². The highest BCUT2D eigenvalue weighted by molar-refractivity contribution is 14.0. The molecule has 0 saturated heterocycles. The SMILES string of the molecule is CN(C)C(=O)CN=C(NCc1nc(C(F)(F)F)cs1)NC1CCCC1.I. The Kier molecular flexibility index (Phi) is 9.07. The Balaban J connectivity index is 0.00000338. The Hall–Kier alpha value is -1.11. The van der Waals surface area contributed by atoms with Gasteiger partial charge in [0.25, 0.3) is 0 Å². The molecule has 0 aromatic carbocycles. The zero-order valence-electron chi connectivity index (χ0n) is 14.6. The first-order valence-electron chi connectivity index (χ1n) is 8.02. The van der Waals surface area contributed by atoms with E-state index >= 15 is 0 Å². The summed E-state index contributed by atoms with van der Waals surface area (Å²) in [5, 5.41) is 7.52. The Labute approximate surface area is 171 Å². The highest BCUT2D eigenvalue weighted by Gasteiger charge is 2.33. The number of hydrogen-bond acceptors (Lipinski definition) is 4. The predicted molar refractivity (Wildman–Crippen MR) is 106 cm³/mol. The van der Waals surface area contributed by atoms with Crippen LogP contribution in [0.25, 0.3) is 0 Å². The van der Waals surface area contributed by atoms with E-state index in [0.29, 0.717) is 11.0 Å². The highest BCUT2D eigenvalue weighted by atomic mass is 127. The number of carbonyl (C=O) groups is 1. The third-order valence-electron chi connectivity index (χ3n) is 3.82. The molecule has 2 rings (SSSR count). The van der Waals surface area contributed by atoms with E-state index in [-0.39, 0.29) is 49.0 Å². The Morgan fingerprint density at radius 1 is 1.38 bits per heavy atom. The largest absolute Gasteiger partial charge is 0.434 e. The molecular formula is C15H23F3IN5OS. The van der Waals surface area contributed by atoms with Crippen LogP contribution in [0.4, 0.5) is 13.2 Å². The number of nitrogens with one attached hydrogen (secondary N) is 2. The van der Waals surface area contributed by atoms with Crippen LogP contribution < -0.4 is 10.6 Å². The molecule has 0 radical (unpaired) electrons. The third kappa shape index (κ3) is 7.25. The zero-order valence-corrected chi connectivity index (χ0v) is 17.7. The van der Waals surface area contributed by atoms with E-state index in [1.165, 1.54) is 4.90 Å². The fourth-order valence-electron chi connectivity index (χ4n) is 2.39. The Morgan fingerprint density at radius 3 is 2.58 bits per heavy atom. The molecular weight excluding hydrogens is 482 g/mol. The van der Waals surface area contributed by atoms with Gasteiger partial charge in [-0.3, -0.25) is 4.79 Å². The lowest BCUT2D eigenvalue weighted by molar-refractivity contribution is -0.140. The number of rotatable bonds is 5. The Bertz CT molecular complexity index is 615. The van der Waals surface area contributed by atoms with Gasteiger partial charge in [0.05, 0.1) is 6.54 Å². The van der Waals surface area contributed by atoms with Crippen molar-refractivity contribution >= 4 is 47.2 Å². The molecule has 1 amide bonds. The summed E-state index contributed by atoms with van der Waals surface area (Å²) >= 11 is 0.939. The van der Waals surface area contributed by atoms with Gasteiger partial charge in [-0.05, 0) is 12.8 Å². The molecule has 0 unspecified atom stereocenters. The number of halogens is 4. The van der Waals surface area contributed by atoms with E-state index in [9.17, 15) is 18.0 Å². The van der Waals surface area contributed by atoms with E-state index in [1.807, 2.05) is 0 Å². The number of aliphatic imine (C=N–C) groups is 1. The lowest BCUT2D eigenvalue weighted by atomic mass is 10.2. The third-order valence-corrected chi connectivity index (χ3v) is 4.67. The first kappa shape index (κ1) is 22.9. The molecule has 0 spiro atoms. The molecule has 1 heterocycles. The predicted octanol–water partition coefficient (Wildman–Crippen LogP) is 2.85. The van der Waals surface area contributed by atoms with Crippen molar-refractivity contribution in [3.63, 3.8) is 0 Å². The number of thiazole rings is 1. The molecule has 1 aliphatic rings. The van der Waals surface area contributed by atoms with Crippen molar-refractivity contribution in [1.29, 1.82) is 0 Å². The van der Waals surface area contributed by atoms with E-state index < -0.39 is 11.9 Å². The number of amides is 1. The van der Waals surface area contributed by atoms with Crippen molar-refractivity contribution in [2.75, 3.05) is 20.6 Å². The molecule has 1 aromatic rings. The molecule has 6 nitrogen and oxygen atoms in total. The summed E-state index contributed by atoms with van der Waals surface area (Å²) in [5.74, 6) is 0.270. The number of hydrogen-bond donors (Lipinski definition) is 2. The van der Waals surface area contributed by atoms with Crippen LogP contribution in [-0.2, 0) is 17.5 Å². The maximum Gasteiger partial charge on any atom is 0.434 e. The summed E-state index contributed by atoms with van der Waals surface area (Å²) in [6.45, 7) is 0.0934. The highest BCUT2D eigenvalue weighted by Crippen LogP contribution is 2.29. The summed E-state index contributed by atoms with van der Waals surface area (Å²) in [7, 11) is 3.28. The quantitative estimate of drug-likeness (QED) is 0.367. The number of alkyl halides is 3. The van der Waals surface area contributed by atoms with Gasteiger partial charge in [0, 0.05) is 25.5 Å². The van der Waals surface area contributed by atoms with Gasteiger partial charge in [0.15, 0.2) is 11.7 Å². The van der Waals surface area contributed by atoms with Crippen LogP contribution in [-0.4, -0.2) is 48.4 Å². The molecule has 0 atom stereocenters. The summed E-state index contributed by atoms with van der Waals surface area (Å²) in [6, 6.07) is 0.266. The monoisotopic (exact) mass is 505 g/mol. The number of guanidine groups is 1.